The summed E-state index contributed by atoms with van der Waals surface area (Å²) >= 11 is 0. The molecule has 3 heterocycles. The third kappa shape index (κ3) is 3.79. The molecule has 2 N–H and O–H groups in total. The first-order chi connectivity index (χ1) is 11.1. The number of nitrogens with two attached hydrogens (primary N) is 1. The highest BCUT2D eigenvalue weighted by Gasteiger charge is 2.05. The van der Waals surface area contributed by atoms with Gasteiger partial charge in [-0.3, -0.25) is 19.7 Å². The summed E-state index contributed by atoms with van der Waals surface area (Å²) in [6.07, 6.45) is 3.41. The molecule has 3 rings (SSSR count). The predicted molar refractivity (Wildman–Crippen MR) is 85.7 cm³/mol. The van der Waals surface area contributed by atoms with Crippen LogP contribution in [0.1, 0.15) is 17.0 Å². The van der Waals surface area contributed by atoms with Crippen molar-refractivity contribution < 1.29 is 9.53 Å². The maximum absolute atomic E-state index is 11.0. The Morgan fingerprint density at radius 3 is 2.74 bits per heavy atom. The molecule has 1 amide bonds. The molecule has 0 aliphatic heterocycles. The van der Waals surface area contributed by atoms with E-state index in [1.807, 2.05) is 31.2 Å². The number of amides is 1. The smallest absolute Gasteiger partial charge is 0.221 e. The average Bonchev–Trinajstić information content (AvgIpc) is 2.52. The number of carbonyl (C=O) groups excluding carboxylic acids is 1. The third-order valence-corrected chi connectivity index (χ3v) is 3.27. The highest BCUT2D eigenvalue weighted by molar-refractivity contribution is 5.80. The predicted octanol–water partition coefficient (Wildman–Crippen LogP) is 1.94. The number of carbonyl (C=O) groups is 1. The van der Waals surface area contributed by atoms with Crippen LogP contribution >= 0.6 is 0 Å². The van der Waals surface area contributed by atoms with Gasteiger partial charge in [-0.05, 0) is 30.7 Å². The van der Waals surface area contributed by atoms with Crippen molar-refractivity contribution in [3.8, 4) is 5.75 Å². The molecule has 0 saturated heterocycles. The molecular formula is C17H16N4O2. The van der Waals surface area contributed by atoms with Gasteiger partial charge in [-0.1, -0.05) is 6.07 Å². The number of aryl methyl sites for hydroxylation is 1. The number of ether oxygens (including phenoxy) is 1. The monoisotopic (exact) mass is 308 g/mol. The van der Waals surface area contributed by atoms with E-state index in [4.69, 9.17) is 10.5 Å². The first-order valence-corrected chi connectivity index (χ1v) is 7.18. The summed E-state index contributed by atoms with van der Waals surface area (Å²) in [5.74, 6) is 0.229. The molecular weight excluding hydrogens is 292 g/mol. The van der Waals surface area contributed by atoms with Crippen LogP contribution in [0.4, 0.5) is 0 Å². The molecule has 0 aromatic carbocycles. The summed E-state index contributed by atoms with van der Waals surface area (Å²) in [4.78, 5) is 24.0. The molecule has 0 spiro atoms. The Morgan fingerprint density at radius 1 is 1.17 bits per heavy atom. The summed E-state index contributed by atoms with van der Waals surface area (Å²) in [6, 6.07) is 9.41. The molecule has 0 atom stereocenters. The maximum atomic E-state index is 11.0. The maximum Gasteiger partial charge on any atom is 0.221 e. The van der Waals surface area contributed by atoms with Crippen LogP contribution in [0.2, 0.25) is 0 Å². The first-order valence-electron chi connectivity index (χ1n) is 7.18. The summed E-state index contributed by atoms with van der Waals surface area (Å²) in [7, 11) is 0. The van der Waals surface area contributed by atoms with Gasteiger partial charge in [0.2, 0.25) is 5.91 Å². The zero-order valence-corrected chi connectivity index (χ0v) is 12.7. The van der Waals surface area contributed by atoms with Gasteiger partial charge >= 0.3 is 0 Å². The molecule has 0 bridgehead atoms. The molecule has 116 valence electrons. The summed E-state index contributed by atoms with van der Waals surface area (Å²) in [5, 5.41) is 0. The fourth-order valence-corrected chi connectivity index (χ4v) is 2.24. The molecule has 0 saturated carbocycles. The van der Waals surface area contributed by atoms with Crippen LogP contribution in [0.15, 0.2) is 42.7 Å². The lowest BCUT2D eigenvalue weighted by molar-refractivity contribution is -0.117. The number of hydrogen-bond acceptors (Lipinski definition) is 5. The molecule has 3 aromatic heterocycles. The largest absolute Gasteiger partial charge is 0.486 e. The molecule has 0 aliphatic rings. The third-order valence-electron chi connectivity index (χ3n) is 3.27. The molecule has 0 aliphatic carbocycles. The van der Waals surface area contributed by atoms with Gasteiger partial charge in [0, 0.05) is 18.0 Å². The number of hydrogen-bond donors (Lipinski definition) is 1. The molecule has 6 nitrogen and oxygen atoms in total. The number of primary amides is 1. The van der Waals surface area contributed by atoms with Crippen LogP contribution in [0.25, 0.3) is 11.0 Å². The second-order valence-corrected chi connectivity index (χ2v) is 5.25. The first kappa shape index (κ1) is 14.9. The van der Waals surface area contributed by atoms with Crippen molar-refractivity contribution in [2.75, 3.05) is 0 Å². The van der Waals surface area contributed by atoms with Crippen molar-refractivity contribution >= 4 is 16.9 Å². The van der Waals surface area contributed by atoms with E-state index in [0.29, 0.717) is 23.4 Å². The van der Waals surface area contributed by atoms with Crippen molar-refractivity contribution in [1.82, 2.24) is 15.0 Å². The molecule has 0 radical (unpaired) electrons. The molecule has 6 heteroatoms. The number of aromatic nitrogens is 3. The Bertz CT molecular complexity index is 864. The summed E-state index contributed by atoms with van der Waals surface area (Å²) < 4.78 is 5.71. The molecule has 0 unspecified atom stereocenters. The second-order valence-electron chi connectivity index (χ2n) is 5.25. The van der Waals surface area contributed by atoms with Gasteiger partial charge in [0.05, 0.1) is 29.3 Å². The van der Waals surface area contributed by atoms with Crippen LogP contribution < -0.4 is 10.5 Å². The Labute approximate surface area is 133 Å². The number of pyridine rings is 3. The number of nitrogens with zero attached hydrogens (tertiary/aromatic N) is 3. The van der Waals surface area contributed by atoms with E-state index in [1.54, 1.807) is 18.5 Å². The topological polar surface area (TPSA) is 91.0 Å². The van der Waals surface area contributed by atoms with Gasteiger partial charge in [0.15, 0.2) is 0 Å². The van der Waals surface area contributed by atoms with Crippen LogP contribution in [-0.2, 0) is 17.8 Å². The molecule has 0 fully saturated rings. The lowest BCUT2D eigenvalue weighted by Gasteiger charge is -2.07. The number of rotatable bonds is 5. The van der Waals surface area contributed by atoms with Crippen molar-refractivity contribution in [2.24, 2.45) is 5.73 Å². The Hall–Kier alpha value is -3.02. The highest BCUT2D eigenvalue weighted by Crippen LogP contribution is 2.18. The minimum absolute atomic E-state index is 0.155. The fraction of sp³-hybridized carbons (Fsp3) is 0.176. The van der Waals surface area contributed by atoms with Gasteiger partial charge in [-0.25, -0.2) is 0 Å². The van der Waals surface area contributed by atoms with Gasteiger partial charge in [0.25, 0.3) is 0 Å². The Morgan fingerprint density at radius 2 is 1.96 bits per heavy atom. The van der Waals surface area contributed by atoms with Crippen LogP contribution in [0.3, 0.4) is 0 Å². The van der Waals surface area contributed by atoms with Crippen LogP contribution in [0, 0.1) is 6.92 Å². The van der Waals surface area contributed by atoms with Gasteiger partial charge in [-0.15, -0.1) is 0 Å². The standard InChI is InChI=1S/C17H16N4O2/c1-11-3-2-4-13(21-11)10-23-14-7-16-15(20-9-14)5-12(8-19-16)6-17(18)22/h2-5,7-9H,6,10H2,1H3,(H2,18,22). The SMILES string of the molecule is Cc1cccc(COc2cnc3cc(CC(N)=O)cnc3c2)n1. The van der Waals surface area contributed by atoms with Crippen molar-refractivity contribution in [3.05, 3.63) is 59.7 Å². The summed E-state index contributed by atoms with van der Waals surface area (Å²) in [6.45, 7) is 2.31. The van der Waals surface area contributed by atoms with Gasteiger partial charge in [-0.2, -0.15) is 0 Å². The highest BCUT2D eigenvalue weighted by atomic mass is 16.5. The van der Waals surface area contributed by atoms with E-state index in [-0.39, 0.29) is 6.42 Å². The van der Waals surface area contributed by atoms with E-state index in [2.05, 4.69) is 15.0 Å². The lowest BCUT2D eigenvalue weighted by atomic mass is 10.2. The van der Waals surface area contributed by atoms with Crippen molar-refractivity contribution in [3.63, 3.8) is 0 Å². The zero-order chi connectivity index (χ0) is 16.2. The zero-order valence-electron chi connectivity index (χ0n) is 12.7. The van der Waals surface area contributed by atoms with E-state index >= 15 is 0 Å². The van der Waals surface area contributed by atoms with Crippen molar-refractivity contribution in [1.29, 1.82) is 0 Å². The Kier molecular flexibility index (Phi) is 4.14. The molecule has 23 heavy (non-hydrogen) atoms. The average molecular weight is 308 g/mol. The van der Waals surface area contributed by atoms with E-state index in [9.17, 15) is 4.79 Å². The Balaban J connectivity index is 1.76. The van der Waals surface area contributed by atoms with E-state index in [0.717, 1.165) is 17.0 Å². The minimum Gasteiger partial charge on any atom is -0.486 e. The fourth-order valence-electron chi connectivity index (χ4n) is 2.24. The lowest BCUT2D eigenvalue weighted by Crippen LogP contribution is -2.13. The molecule has 3 aromatic rings. The summed E-state index contributed by atoms with van der Waals surface area (Å²) in [5.41, 5.74) is 9.14. The van der Waals surface area contributed by atoms with Gasteiger partial charge < -0.3 is 10.5 Å². The minimum atomic E-state index is -0.392. The van der Waals surface area contributed by atoms with Crippen LogP contribution in [0.5, 0.6) is 5.75 Å². The van der Waals surface area contributed by atoms with Crippen LogP contribution in [-0.4, -0.2) is 20.9 Å². The second kappa shape index (κ2) is 6.39. The van der Waals surface area contributed by atoms with E-state index in [1.165, 1.54) is 0 Å². The van der Waals surface area contributed by atoms with E-state index < -0.39 is 5.91 Å². The van der Waals surface area contributed by atoms with Crippen molar-refractivity contribution in [2.45, 2.75) is 20.0 Å². The van der Waals surface area contributed by atoms with Gasteiger partial charge in [0.1, 0.15) is 12.4 Å². The normalized spacial score (nSPS) is 10.7. The number of fused-ring (bicyclic) bond motifs is 1. The quantitative estimate of drug-likeness (QED) is 0.777.